The first-order valence-corrected chi connectivity index (χ1v) is 8.94. The van der Waals surface area contributed by atoms with Gasteiger partial charge in [0.1, 0.15) is 5.75 Å². The Morgan fingerprint density at radius 1 is 1.04 bits per heavy atom. The number of aliphatic hydroxyl groups excluding tert-OH is 1. The smallest absolute Gasteiger partial charge is 0.119 e. The van der Waals surface area contributed by atoms with Crippen LogP contribution < -0.4 is 9.64 Å². The highest BCUT2D eigenvalue weighted by atomic mass is 16.5. The van der Waals surface area contributed by atoms with Gasteiger partial charge in [-0.1, -0.05) is 24.3 Å². The molecule has 0 radical (unpaired) electrons. The summed E-state index contributed by atoms with van der Waals surface area (Å²) in [7, 11) is 1.65. The third-order valence-corrected chi connectivity index (χ3v) is 5.20. The van der Waals surface area contributed by atoms with Crippen LogP contribution in [0.15, 0.2) is 42.5 Å². The van der Waals surface area contributed by atoms with Crippen molar-refractivity contribution in [2.75, 3.05) is 44.7 Å². The predicted molar refractivity (Wildman–Crippen MR) is 103 cm³/mol. The van der Waals surface area contributed by atoms with Gasteiger partial charge in [0.25, 0.3) is 0 Å². The van der Waals surface area contributed by atoms with Crippen molar-refractivity contribution in [3.05, 3.63) is 59.2 Å². The van der Waals surface area contributed by atoms with Gasteiger partial charge in [-0.3, -0.25) is 4.90 Å². The minimum atomic E-state index is -0.484. The first-order chi connectivity index (χ1) is 12.1. The largest absolute Gasteiger partial charge is 0.497 e. The van der Waals surface area contributed by atoms with Crippen LogP contribution in [-0.2, 0) is 0 Å². The van der Waals surface area contributed by atoms with Gasteiger partial charge >= 0.3 is 0 Å². The molecule has 1 atom stereocenters. The highest BCUT2D eigenvalue weighted by Crippen LogP contribution is 2.25. The zero-order valence-corrected chi connectivity index (χ0v) is 15.4. The molecule has 1 heterocycles. The number of methoxy groups -OCH3 is 1. The molecule has 25 heavy (non-hydrogen) atoms. The Kier molecular flexibility index (Phi) is 5.61. The van der Waals surface area contributed by atoms with Gasteiger partial charge in [0, 0.05) is 38.4 Å². The first kappa shape index (κ1) is 17.8. The number of anilines is 1. The summed E-state index contributed by atoms with van der Waals surface area (Å²) in [4.78, 5) is 4.79. The fourth-order valence-electron chi connectivity index (χ4n) is 3.45. The number of ether oxygens (including phenoxy) is 1. The molecule has 3 rings (SSSR count). The molecule has 134 valence electrons. The molecule has 0 amide bonds. The quantitative estimate of drug-likeness (QED) is 0.907. The van der Waals surface area contributed by atoms with Gasteiger partial charge in [0.15, 0.2) is 0 Å². The molecule has 1 saturated heterocycles. The van der Waals surface area contributed by atoms with Gasteiger partial charge in [-0.2, -0.15) is 0 Å². The number of hydrogen-bond acceptors (Lipinski definition) is 4. The molecule has 2 aromatic rings. The summed E-state index contributed by atoms with van der Waals surface area (Å²) in [6.45, 7) is 8.95. The predicted octanol–water partition coefficient (Wildman–Crippen LogP) is 3.17. The maximum atomic E-state index is 10.5. The van der Waals surface area contributed by atoms with Gasteiger partial charge in [-0.15, -0.1) is 0 Å². The fraction of sp³-hybridized carbons (Fsp3) is 0.429. The molecule has 1 N–H and O–H groups in total. The Morgan fingerprint density at radius 3 is 2.48 bits per heavy atom. The van der Waals surface area contributed by atoms with Crippen molar-refractivity contribution in [3.8, 4) is 5.75 Å². The van der Waals surface area contributed by atoms with E-state index in [-0.39, 0.29) is 0 Å². The number of aryl methyl sites for hydroxylation is 1. The molecule has 0 bridgehead atoms. The van der Waals surface area contributed by atoms with Gasteiger partial charge in [-0.05, 0) is 48.7 Å². The number of benzene rings is 2. The van der Waals surface area contributed by atoms with E-state index >= 15 is 0 Å². The lowest BCUT2D eigenvalue weighted by atomic mass is 10.1. The topological polar surface area (TPSA) is 35.9 Å². The fourth-order valence-corrected chi connectivity index (χ4v) is 3.45. The lowest BCUT2D eigenvalue weighted by Gasteiger charge is -2.37. The Labute approximate surface area is 150 Å². The van der Waals surface area contributed by atoms with Crippen molar-refractivity contribution in [1.82, 2.24) is 4.90 Å². The van der Waals surface area contributed by atoms with Crippen LogP contribution in [0.3, 0.4) is 0 Å². The van der Waals surface area contributed by atoms with Gasteiger partial charge < -0.3 is 14.7 Å². The van der Waals surface area contributed by atoms with Crippen molar-refractivity contribution < 1.29 is 9.84 Å². The molecule has 1 aliphatic heterocycles. The molecule has 0 spiro atoms. The van der Waals surface area contributed by atoms with E-state index in [1.165, 1.54) is 16.8 Å². The zero-order chi connectivity index (χ0) is 17.8. The Bertz CT molecular complexity index is 709. The van der Waals surface area contributed by atoms with Gasteiger partial charge in [-0.25, -0.2) is 0 Å². The second kappa shape index (κ2) is 7.89. The molecule has 2 aromatic carbocycles. The van der Waals surface area contributed by atoms with E-state index in [9.17, 15) is 5.11 Å². The lowest BCUT2D eigenvalue weighted by Crippen LogP contribution is -2.47. The summed E-state index contributed by atoms with van der Waals surface area (Å²) in [5, 5.41) is 10.5. The van der Waals surface area contributed by atoms with E-state index < -0.39 is 6.10 Å². The minimum absolute atomic E-state index is 0.484. The maximum absolute atomic E-state index is 10.5. The average molecular weight is 340 g/mol. The van der Waals surface area contributed by atoms with Crippen LogP contribution >= 0.6 is 0 Å². The highest BCUT2D eigenvalue weighted by Gasteiger charge is 2.21. The van der Waals surface area contributed by atoms with Crippen molar-refractivity contribution >= 4 is 5.69 Å². The Balaban J connectivity index is 1.58. The van der Waals surface area contributed by atoms with Crippen molar-refractivity contribution in [3.63, 3.8) is 0 Å². The first-order valence-electron chi connectivity index (χ1n) is 8.94. The van der Waals surface area contributed by atoms with E-state index in [4.69, 9.17) is 4.74 Å². The Morgan fingerprint density at radius 2 is 1.76 bits per heavy atom. The van der Waals surface area contributed by atoms with Crippen molar-refractivity contribution in [2.24, 2.45) is 0 Å². The van der Waals surface area contributed by atoms with Crippen LogP contribution in [0.25, 0.3) is 0 Å². The zero-order valence-electron chi connectivity index (χ0n) is 15.4. The molecular formula is C21H28N2O2. The normalized spacial score (nSPS) is 16.7. The van der Waals surface area contributed by atoms with Gasteiger partial charge in [0.05, 0.1) is 13.2 Å². The number of hydrogen-bond donors (Lipinski definition) is 1. The summed E-state index contributed by atoms with van der Waals surface area (Å²) in [6, 6.07) is 14.2. The highest BCUT2D eigenvalue weighted by molar-refractivity contribution is 5.56. The molecule has 0 unspecified atom stereocenters. The molecular weight excluding hydrogens is 312 g/mol. The van der Waals surface area contributed by atoms with E-state index in [1.54, 1.807) is 7.11 Å². The third kappa shape index (κ3) is 4.14. The van der Waals surface area contributed by atoms with Crippen LogP contribution in [0.2, 0.25) is 0 Å². The van der Waals surface area contributed by atoms with Crippen molar-refractivity contribution in [2.45, 2.75) is 20.0 Å². The Hall–Kier alpha value is -2.04. The summed E-state index contributed by atoms with van der Waals surface area (Å²) >= 11 is 0. The molecule has 4 heteroatoms. The third-order valence-electron chi connectivity index (χ3n) is 5.20. The second-order valence-corrected chi connectivity index (χ2v) is 6.80. The van der Waals surface area contributed by atoms with E-state index in [0.717, 1.165) is 37.5 Å². The lowest BCUT2D eigenvalue weighted by molar-refractivity contribution is 0.109. The summed E-state index contributed by atoms with van der Waals surface area (Å²) in [6.07, 6.45) is -0.484. The van der Waals surface area contributed by atoms with Crippen LogP contribution in [-0.4, -0.2) is 49.8 Å². The molecule has 0 saturated carbocycles. The standard InChI is InChI=1S/C21H28N2O2/c1-16-6-4-9-20(17(16)2)23-12-10-22(11-13-23)15-21(24)18-7-5-8-19(14-18)25-3/h4-9,14,21,24H,10-13,15H2,1-3H3/t21-/m1/s1. The molecule has 1 fully saturated rings. The van der Waals surface area contributed by atoms with Crippen LogP contribution in [0.1, 0.15) is 22.8 Å². The van der Waals surface area contributed by atoms with Crippen molar-refractivity contribution in [1.29, 1.82) is 0 Å². The van der Waals surface area contributed by atoms with E-state index in [0.29, 0.717) is 6.54 Å². The van der Waals surface area contributed by atoms with E-state index in [2.05, 4.69) is 41.8 Å². The molecule has 0 aliphatic carbocycles. The molecule has 0 aromatic heterocycles. The summed E-state index contributed by atoms with van der Waals surface area (Å²) in [5.41, 5.74) is 4.96. The van der Waals surface area contributed by atoms with E-state index in [1.807, 2.05) is 24.3 Å². The molecule has 1 aliphatic rings. The van der Waals surface area contributed by atoms with Gasteiger partial charge in [0.2, 0.25) is 0 Å². The molecule has 4 nitrogen and oxygen atoms in total. The van der Waals surface area contributed by atoms with Crippen LogP contribution in [0.4, 0.5) is 5.69 Å². The number of nitrogens with zero attached hydrogens (tertiary/aromatic N) is 2. The SMILES string of the molecule is COc1cccc([C@H](O)CN2CCN(c3cccc(C)c3C)CC2)c1. The number of aliphatic hydroxyl groups is 1. The summed E-state index contributed by atoms with van der Waals surface area (Å²) in [5.74, 6) is 0.788. The number of piperazine rings is 1. The minimum Gasteiger partial charge on any atom is -0.497 e. The number of β-amino-alcohol motifs (C(OH)–C–C–N with tert-alkyl or cyclic N) is 1. The number of rotatable bonds is 5. The van der Waals surface area contributed by atoms with Crippen LogP contribution in [0, 0.1) is 13.8 Å². The second-order valence-electron chi connectivity index (χ2n) is 6.80. The summed E-state index contributed by atoms with van der Waals surface area (Å²) < 4.78 is 5.25. The monoisotopic (exact) mass is 340 g/mol. The average Bonchev–Trinajstić information content (AvgIpc) is 2.65. The van der Waals surface area contributed by atoms with Crippen LogP contribution in [0.5, 0.6) is 5.75 Å². The maximum Gasteiger partial charge on any atom is 0.119 e.